The SMILES string of the molecule is COc1ccc(C(=O)Nc2cccc(C(=O)Nc3ccc4ccccc4n3)c2)cc1. The molecule has 2 amide bonds. The summed E-state index contributed by atoms with van der Waals surface area (Å²) in [5.74, 6) is 0.559. The Morgan fingerprint density at radius 2 is 1.53 bits per heavy atom. The van der Waals surface area contributed by atoms with Gasteiger partial charge >= 0.3 is 0 Å². The zero-order valence-electron chi connectivity index (χ0n) is 16.3. The summed E-state index contributed by atoms with van der Waals surface area (Å²) in [7, 11) is 1.57. The molecule has 6 heteroatoms. The highest BCUT2D eigenvalue weighted by Gasteiger charge is 2.11. The maximum Gasteiger partial charge on any atom is 0.256 e. The number of pyridine rings is 1. The van der Waals surface area contributed by atoms with Crippen molar-refractivity contribution in [1.29, 1.82) is 0 Å². The maximum absolute atomic E-state index is 12.7. The van der Waals surface area contributed by atoms with Crippen molar-refractivity contribution >= 4 is 34.2 Å². The van der Waals surface area contributed by atoms with Crippen LogP contribution in [0.25, 0.3) is 10.9 Å². The van der Waals surface area contributed by atoms with Crippen LogP contribution in [0.1, 0.15) is 20.7 Å². The molecule has 4 rings (SSSR count). The normalized spacial score (nSPS) is 10.4. The lowest BCUT2D eigenvalue weighted by Gasteiger charge is -2.09. The van der Waals surface area contributed by atoms with Gasteiger partial charge in [-0.3, -0.25) is 9.59 Å². The molecular formula is C24H19N3O3. The van der Waals surface area contributed by atoms with Gasteiger partial charge in [-0.05, 0) is 60.7 Å². The molecule has 0 bridgehead atoms. The van der Waals surface area contributed by atoms with Crippen molar-refractivity contribution < 1.29 is 14.3 Å². The number of hydrogen-bond donors (Lipinski definition) is 2. The van der Waals surface area contributed by atoms with Gasteiger partial charge in [-0.25, -0.2) is 4.98 Å². The Kier molecular flexibility index (Phi) is 5.39. The van der Waals surface area contributed by atoms with E-state index in [4.69, 9.17) is 4.74 Å². The maximum atomic E-state index is 12.7. The van der Waals surface area contributed by atoms with Gasteiger partial charge in [-0.15, -0.1) is 0 Å². The average Bonchev–Trinajstić information content (AvgIpc) is 2.79. The van der Waals surface area contributed by atoms with Gasteiger partial charge in [0.2, 0.25) is 0 Å². The zero-order valence-corrected chi connectivity index (χ0v) is 16.3. The van der Waals surface area contributed by atoms with Crippen LogP contribution in [0, 0.1) is 0 Å². The lowest BCUT2D eigenvalue weighted by molar-refractivity contribution is 0.101. The summed E-state index contributed by atoms with van der Waals surface area (Å²) in [6.45, 7) is 0. The topological polar surface area (TPSA) is 80.3 Å². The molecule has 0 saturated heterocycles. The van der Waals surface area contributed by atoms with Gasteiger partial charge in [-0.2, -0.15) is 0 Å². The Balaban J connectivity index is 1.47. The first-order valence-electron chi connectivity index (χ1n) is 9.35. The third-order valence-electron chi connectivity index (χ3n) is 4.57. The number of benzene rings is 3. The molecular weight excluding hydrogens is 378 g/mol. The monoisotopic (exact) mass is 397 g/mol. The predicted octanol–water partition coefficient (Wildman–Crippen LogP) is 4.75. The number of aromatic nitrogens is 1. The van der Waals surface area contributed by atoms with E-state index in [1.165, 1.54) is 0 Å². The molecule has 0 unspecified atom stereocenters. The van der Waals surface area contributed by atoms with Crippen molar-refractivity contribution in [2.75, 3.05) is 17.7 Å². The first kappa shape index (κ1) is 19.1. The molecule has 0 saturated carbocycles. The molecule has 1 aromatic heterocycles. The lowest BCUT2D eigenvalue weighted by atomic mass is 10.1. The van der Waals surface area contributed by atoms with Gasteiger partial charge in [0, 0.05) is 22.2 Å². The highest BCUT2D eigenvalue weighted by Crippen LogP contribution is 2.18. The molecule has 0 fully saturated rings. The summed E-state index contributed by atoms with van der Waals surface area (Å²) < 4.78 is 5.10. The summed E-state index contributed by atoms with van der Waals surface area (Å²) in [5.41, 5.74) is 2.23. The minimum atomic E-state index is -0.307. The van der Waals surface area contributed by atoms with Crippen LogP contribution >= 0.6 is 0 Å². The van der Waals surface area contributed by atoms with Crippen LogP contribution < -0.4 is 15.4 Å². The van der Waals surface area contributed by atoms with Crippen LogP contribution in [-0.4, -0.2) is 23.9 Å². The second-order valence-electron chi connectivity index (χ2n) is 6.61. The van der Waals surface area contributed by atoms with Crippen LogP contribution in [-0.2, 0) is 0 Å². The van der Waals surface area contributed by atoms with Gasteiger partial charge in [-0.1, -0.05) is 24.3 Å². The number of ether oxygens (including phenoxy) is 1. The molecule has 6 nitrogen and oxygen atoms in total. The van der Waals surface area contributed by atoms with Crippen LogP contribution in [0.5, 0.6) is 5.75 Å². The van der Waals surface area contributed by atoms with E-state index in [9.17, 15) is 9.59 Å². The van der Waals surface area contributed by atoms with E-state index < -0.39 is 0 Å². The highest BCUT2D eigenvalue weighted by molar-refractivity contribution is 6.07. The second kappa shape index (κ2) is 8.45. The van der Waals surface area contributed by atoms with Crippen molar-refractivity contribution in [2.24, 2.45) is 0 Å². The van der Waals surface area contributed by atoms with Crippen LogP contribution in [0.4, 0.5) is 11.5 Å². The van der Waals surface area contributed by atoms with E-state index >= 15 is 0 Å². The van der Waals surface area contributed by atoms with E-state index in [2.05, 4.69) is 15.6 Å². The fraction of sp³-hybridized carbons (Fsp3) is 0.0417. The third-order valence-corrected chi connectivity index (χ3v) is 4.57. The molecule has 0 aliphatic heterocycles. The fourth-order valence-corrected chi connectivity index (χ4v) is 3.01. The molecule has 0 aliphatic rings. The van der Waals surface area contributed by atoms with Gasteiger partial charge in [0.15, 0.2) is 0 Å². The second-order valence-corrected chi connectivity index (χ2v) is 6.61. The van der Waals surface area contributed by atoms with Crippen molar-refractivity contribution in [3.05, 3.63) is 96.1 Å². The minimum absolute atomic E-state index is 0.272. The van der Waals surface area contributed by atoms with E-state index in [-0.39, 0.29) is 11.8 Å². The summed E-state index contributed by atoms with van der Waals surface area (Å²) in [6.07, 6.45) is 0. The number of rotatable bonds is 5. The summed E-state index contributed by atoms with van der Waals surface area (Å²) in [4.78, 5) is 29.6. The fourth-order valence-electron chi connectivity index (χ4n) is 3.01. The van der Waals surface area contributed by atoms with Crippen molar-refractivity contribution in [3.8, 4) is 5.75 Å². The molecule has 0 aliphatic carbocycles. The number of fused-ring (bicyclic) bond motifs is 1. The van der Waals surface area contributed by atoms with Crippen molar-refractivity contribution in [3.63, 3.8) is 0 Å². The number of carbonyl (C=O) groups excluding carboxylic acids is 2. The number of anilines is 2. The number of carbonyl (C=O) groups is 2. The van der Waals surface area contributed by atoms with E-state index in [1.54, 1.807) is 61.7 Å². The van der Waals surface area contributed by atoms with E-state index in [0.29, 0.717) is 28.4 Å². The van der Waals surface area contributed by atoms with Crippen LogP contribution in [0.2, 0.25) is 0 Å². The third kappa shape index (κ3) is 4.28. The van der Waals surface area contributed by atoms with E-state index in [0.717, 1.165) is 10.9 Å². The molecule has 0 radical (unpaired) electrons. The molecule has 30 heavy (non-hydrogen) atoms. The average molecular weight is 397 g/mol. The number of amides is 2. The molecule has 4 aromatic rings. The van der Waals surface area contributed by atoms with Gasteiger partial charge in [0.05, 0.1) is 12.6 Å². The van der Waals surface area contributed by atoms with E-state index in [1.807, 2.05) is 30.3 Å². The number of nitrogens with one attached hydrogen (secondary N) is 2. The standard InChI is InChI=1S/C24H19N3O3/c1-30-20-12-9-17(10-13-20)23(28)25-19-7-4-6-18(15-19)24(29)27-22-14-11-16-5-2-3-8-21(16)26-22/h2-15H,1H3,(H,25,28)(H,26,27,29). The summed E-state index contributed by atoms with van der Waals surface area (Å²) in [5, 5.41) is 6.60. The van der Waals surface area contributed by atoms with Crippen LogP contribution in [0.15, 0.2) is 84.9 Å². The Morgan fingerprint density at radius 3 is 2.33 bits per heavy atom. The van der Waals surface area contributed by atoms with Crippen molar-refractivity contribution in [2.45, 2.75) is 0 Å². The number of methoxy groups -OCH3 is 1. The van der Waals surface area contributed by atoms with Gasteiger partial charge < -0.3 is 15.4 Å². The zero-order chi connectivity index (χ0) is 20.9. The van der Waals surface area contributed by atoms with Crippen LogP contribution in [0.3, 0.4) is 0 Å². The Morgan fingerprint density at radius 1 is 0.767 bits per heavy atom. The highest BCUT2D eigenvalue weighted by atomic mass is 16.5. The number of para-hydroxylation sites is 1. The van der Waals surface area contributed by atoms with Gasteiger partial charge in [0.25, 0.3) is 11.8 Å². The lowest BCUT2D eigenvalue weighted by Crippen LogP contribution is -2.15. The first-order valence-corrected chi connectivity index (χ1v) is 9.35. The number of nitrogens with zero attached hydrogens (tertiary/aromatic N) is 1. The molecule has 148 valence electrons. The summed E-state index contributed by atoms with van der Waals surface area (Å²) >= 11 is 0. The molecule has 1 heterocycles. The first-order chi connectivity index (χ1) is 14.6. The largest absolute Gasteiger partial charge is 0.497 e. The smallest absolute Gasteiger partial charge is 0.256 e. The Bertz CT molecular complexity index is 1220. The number of hydrogen-bond acceptors (Lipinski definition) is 4. The predicted molar refractivity (Wildman–Crippen MR) is 117 cm³/mol. The van der Waals surface area contributed by atoms with Gasteiger partial charge in [0.1, 0.15) is 11.6 Å². The quantitative estimate of drug-likeness (QED) is 0.509. The molecule has 0 spiro atoms. The molecule has 2 N–H and O–H groups in total. The molecule has 0 atom stereocenters. The molecule has 3 aromatic carbocycles. The van der Waals surface area contributed by atoms with Crippen molar-refractivity contribution in [1.82, 2.24) is 4.98 Å². The Labute approximate surface area is 173 Å². The Hall–Kier alpha value is -4.19. The minimum Gasteiger partial charge on any atom is -0.497 e. The summed E-state index contributed by atoms with van der Waals surface area (Å²) in [6, 6.07) is 24.9.